The maximum atomic E-state index is 11.2. The van der Waals surface area contributed by atoms with Gasteiger partial charge in [0.2, 0.25) is 0 Å². The molecule has 2 unspecified atom stereocenters. The van der Waals surface area contributed by atoms with Gasteiger partial charge in [0.25, 0.3) is 0 Å². The van der Waals surface area contributed by atoms with Crippen molar-refractivity contribution in [2.45, 2.75) is 26.0 Å². The number of carbonyl (C=O) groups is 1. The van der Waals surface area contributed by atoms with Gasteiger partial charge in [0, 0.05) is 19.6 Å². The summed E-state index contributed by atoms with van der Waals surface area (Å²) < 4.78 is 10.3. The van der Waals surface area contributed by atoms with Gasteiger partial charge in [0.05, 0.1) is 19.8 Å². The lowest BCUT2D eigenvalue weighted by atomic mass is 10.2. The van der Waals surface area contributed by atoms with Gasteiger partial charge in [-0.05, 0) is 13.5 Å². The molecule has 1 heterocycles. The highest BCUT2D eigenvalue weighted by molar-refractivity contribution is 5.75. The zero-order valence-electron chi connectivity index (χ0n) is 10.4. The van der Waals surface area contributed by atoms with Crippen molar-refractivity contribution in [2.24, 2.45) is 0 Å². The number of likely N-dealkylation sites (N-methyl/N-ethyl adjacent to an activating group) is 1. The Morgan fingerprint density at radius 3 is 3.06 bits per heavy atom. The van der Waals surface area contributed by atoms with Crippen LogP contribution in [0, 0.1) is 0 Å². The first-order valence-electron chi connectivity index (χ1n) is 5.82. The molecule has 1 aliphatic rings. The zero-order chi connectivity index (χ0) is 12.0. The summed E-state index contributed by atoms with van der Waals surface area (Å²) in [7, 11) is 1.40. The molecular weight excluding hydrogens is 208 g/mol. The number of carbonyl (C=O) groups excluding carboxylic acids is 1. The molecular formula is C11H22N2O3. The first-order valence-corrected chi connectivity index (χ1v) is 5.82. The quantitative estimate of drug-likeness (QED) is 0.666. The normalized spacial score (nSPS) is 24.1. The van der Waals surface area contributed by atoms with Crippen LogP contribution in [0.25, 0.3) is 0 Å². The number of nitrogens with zero attached hydrogens (tertiary/aromatic N) is 1. The number of hydrogen-bond donors (Lipinski definition) is 1. The van der Waals surface area contributed by atoms with Crippen molar-refractivity contribution in [1.82, 2.24) is 10.2 Å². The molecule has 0 aliphatic carbocycles. The predicted octanol–water partition coefficient (Wildman–Crippen LogP) is -0.142. The number of nitrogens with one attached hydrogen (secondary N) is 1. The summed E-state index contributed by atoms with van der Waals surface area (Å²) in [6.45, 7) is 8.38. The molecule has 1 fully saturated rings. The monoisotopic (exact) mass is 230 g/mol. The fourth-order valence-corrected chi connectivity index (χ4v) is 1.76. The molecule has 1 N–H and O–H groups in total. The SMILES string of the molecule is CCN1CCOC(CNC(C)C(=O)OC)C1. The summed E-state index contributed by atoms with van der Waals surface area (Å²) in [6.07, 6.45) is 0.167. The van der Waals surface area contributed by atoms with Crippen molar-refractivity contribution in [3.05, 3.63) is 0 Å². The van der Waals surface area contributed by atoms with Crippen LogP contribution in [0.5, 0.6) is 0 Å². The van der Waals surface area contributed by atoms with Crippen LogP contribution in [0.15, 0.2) is 0 Å². The van der Waals surface area contributed by atoms with Crippen LogP contribution in [0.2, 0.25) is 0 Å². The van der Waals surface area contributed by atoms with Gasteiger partial charge in [-0.1, -0.05) is 6.92 Å². The van der Waals surface area contributed by atoms with E-state index in [4.69, 9.17) is 4.74 Å². The van der Waals surface area contributed by atoms with E-state index < -0.39 is 0 Å². The van der Waals surface area contributed by atoms with Gasteiger partial charge in [0.1, 0.15) is 6.04 Å². The number of rotatable bonds is 5. The van der Waals surface area contributed by atoms with E-state index in [1.807, 2.05) is 0 Å². The molecule has 16 heavy (non-hydrogen) atoms. The Morgan fingerprint density at radius 2 is 2.44 bits per heavy atom. The van der Waals surface area contributed by atoms with E-state index in [2.05, 4.69) is 21.9 Å². The standard InChI is InChI=1S/C11H22N2O3/c1-4-13-5-6-16-10(8-13)7-12-9(2)11(14)15-3/h9-10,12H,4-8H2,1-3H3. The summed E-state index contributed by atoms with van der Waals surface area (Å²) in [6, 6.07) is -0.273. The van der Waals surface area contributed by atoms with Crippen LogP contribution in [-0.2, 0) is 14.3 Å². The second-order valence-electron chi connectivity index (χ2n) is 4.04. The fourth-order valence-electron chi connectivity index (χ4n) is 1.76. The molecule has 1 rings (SSSR count). The van der Waals surface area contributed by atoms with Crippen LogP contribution >= 0.6 is 0 Å². The highest BCUT2D eigenvalue weighted by atomic mass is 16.5. The van der Waals surface area contributed by atoms with E-state index in [1.54, 1.807) is 6.92 Å². The number of methoxy groups -OCH3 is 1. The van der Waals surface area contributed by atoms with E-state index in [0.717, 1.165) is 26.2 Å². The molecule has 94 valence electrons. The van der Waals surface area contributed by atoms with Crippen molar-refractivity contribution in [2.75, 3.05) is 39.9 Å². The minimum absolute atomic E-state index is 0.167. The Balaban J connectivity index is 2.24. The molecule has 2 atom stereocenters. The lowest BCUT2D eigenvalue weighted by Gasteiger charge is -2.32. The molecule has 5 nitrogen and oxygen atoms in total. The van der Waals surface area contributed by atoms with Crippen molar-refractivity contribution < 1.29 is 14.3 Å². The summed E-state index contributed by atoms with van der Waals surface area (Å²) >= 11 is 0. The highest BCUT2D eigenvalue weighted by Gasteiger charge is 2.21. The topological polar surface area (TPSA) is 50.8 Å². The van der Waals surface area contributed by atoms with E-state index in [0.29, 0.717) is 6.54 Å². The third-order valence-electron chi connectivity index (χ3n) is 2.88. The van der Waals surface area contributed by atoms with Crippen molar-refractivity contribution in [3.63, 3.8) is 0 Å². The van der Waals surface area contributed by atoms with Crippen LogP contribution in [0.4, 0.5) is 0 Å². The maximum absolute atomic E-state index is 11.2. The smallest absolute Gasteiger partial charge is 0.322 e. The third-order valence-corrected chi connectivity index (χ3v) is 2.88. The Kier molecular flexibility index (Phi) is 5.73. The summed E-state index contributed by atoms with van der Waals surface area (Å²) in [5, 5.41) is 3.12. The van der Waals surface area contributed by atoms with Gasteiger partial charge in [-0.15, -0.1) is 0 Å². The predicted molar refractivity (Wildman–Crippen MR) is 61.3 cm³/mol. The molecule has 0 aromatic carbocycles. The highest BCUT2D eigenvalue weighted by Crippen LogP contribution is 2.04. The summed E-state index contributed by atoms with van der Waals surface area (Å²) in [5.41, 5.74) is 0. The van der Waals surface area contributed by atoms with E-state index in [-0.39, 0.29) is 18.1 Å². The molecule has 1 saturated heterocycles. The van der Waals surface area contributed by atoms with E-state index in [9.17, 15) is 4.79 Å². The Bertz CT molecular complexity index is 223. The molecule has 0 spiro atoms. The molecule has 5 heteroatoms. The van der Waals surface area contributed by atoms with Gasteiger partial charge in [0.15, 0.2) is 0 Å². The Morgan fingerprint density at radius 1 is 1.69 bits per heavy atom. The number of ether oxygens (including phenoxy) is 2. The fraction of sp³-hybridized carbons (Fsp3) is 0.909. The van der Waals surface area contributed by atoms with Crippen LogP contribution in [0.1, 0.15) is 13.8 Å². The molecule has 0 amide bonds. The number of hydrogen-bond acceptors (Lipinski definition) is 5. The van der Waals surface area contributed by atoms with Crippen molar-refractivity contribution >= 4 is 5.97 Å². The molecule has 0 saturated carbocycles. The lowest BCUT2D eigenvalue weighted by Crippen LogP contribution is -2.48. The summed E-state index contributed by atoms with van der Waals surface area (Å²) in [4.78, 5) is 13.5. The summed E-state index contributed by atoms with van der Waals surface area (Å²) in [5.74, 6) is -0.233. The minimum Gasteiger partial charge on any atom is -0.468 e. The van der Waals surface area contributed by atoms with Gasteiger partial charge in [-0.3, -0.25) is 9.69 Å². The first-order chi connectivity index (χ1) is 7.67. The molecule has 0 aromatic heterocycles. The van der Waals surface area contributed by atoms with Crippen molar-refractivity contribution in [1.29, 1.82) is 0 Å². The van der Waals surface area contributed by atoms with Crippen LogP contribution < -0.4 is 5.32 Å². The molecule has 0 aromatic rings. The number of esters is 1. The van der Waals surface area contributed by atoms with Gasteiger partial charge in [-0.25, -0.2) is 0 Å². The average Bonchev–Trinajstić information content (AvgIpc) is 2.35. The second-order valence-corrected chi connectivity index (χ2v) is 4.04. The second kappa shape index (κ2) is 6.83. The van der Waals surface area contributed by atoms with Gasteiger partial charge >= 0.3 is 5.97 Å². The third kappa shape index (κ3) is 4.08. The molecule has 1 aliphatic heterocycles. The largest absolute Gasteiger partial charge is 0.468 e. The maximum Gasteiger partial charge on any atom is 0.322 e. The van der Waals surface area contributed by atoms with Gasteiger partial charge < -0.3 is 14.8 Å². The molecule has 0 radical (unpaired) electrons. The number of morpholine rings is 1. The van der Waals surface area contributed by atoms with E-state index >= 15 is 0 Å². The van der Waals surface area contributed by atoms with Crippen LogP contribution in [0.3, 0.4) is 0 Å². The van der Waals surface area contributed by atoms with E-state index in [1.165, 1.54) is 7.11 Å². The molecule has 0 bridgehead atoms. The van der Waals surface area contributed by atoms with Gasteiger partial charge in [-0.2, -0.15) is 0 Å². The minimum atomic E-state index is -0.273. The zero-order valence-corrected chi connectivity index (χ0v) is 10.4. The van der Waals surface area contributed by atoms with Crippen LogP contribution in [-0.4, -0.2) is 62.9 Å². The lowest BCUT2D eigenvalue weighted by molar-refractivity contribution is -0.142. The Labute approximate surface area is 97.1 Å². The van der Waals surface area contributed by atoms with Crippen molar-refractivity contribution in [3.8, 4) is 0 Å². The average molecular weight is 230 g/mol. The first kappa shape index (κ1) is 13.4. The Hall–Kier alpha value is -0.650.